The van der Waals surface area contributed by atoms with Crippen molar-refractivity contribution in [1.82, 2.24) is 19.7 Å². The summed E-state index contributed by atoms with van der Waals surface area (Å²) in [6.45, 7) is 2.01. The van der Waals surface area contributed by atoms with Crippen molar-refractivity contribution in [3.63, 3.8) is 0 Å². The summed E-state index contributed by atoms with van der Waals surface area (Å²) >= 11 is 7.35. The molecule has 1 fully saturated rings. The lowest BCUT2D eigenvalue weighted by molar-refractivity contribution is 0.0713. The number of hydrogen-bond acceptors (Lipinski definition) is 4. The predicted octanol–water partition coefficient (Wildman–Crippen LogP) is 5.39. The highest BCUT2D eigenvalue weighted by Crippen LogP contribution is 2.35. The third kappa shape index (κ3) is 3.96. The molecule has 1 saturated carbocycles. The van der Waals surface area contributed by atoms with Crippen LogP contribution in [0.2, 0.25) is 5.02 Å². The summed E-state index contributed by atoms with van der Waals surface area (Å²) in [5.74, 6) is -1.82. The quantitative estimate of drug-likeness (QED) is 0.502. The first-order valence-corrected chi connectivity index (χ1v) is 10.5. The van der Waals surface area contributed by atoms with E-state index in [1.807, 2.05) is 19.1 Å². The van der Waals surface area contributed by atoms with Crippen molar-refractivity contribution in [3.8, 4) is 10.6 Å². The van der Waals surface area contributed by atoms with Gasteiger partial charge in [-0.3, -0.25) is 4.79 Å². The Balaban J connectivity index is 1.64. The van der Waals surface area contributed by atoms with Crippen LogP contribution in [0.4, 0.5) is 13.2 Å². The Hall–Kier alpha value is -2.39. The molecule has 0 aliphatic heterocycles. The molecular formula is C20H18ClF3N4OS. The first-order valence-electron chi connectivity index (χ1n) is 9.30. The number of amides is 1. The minimum absolute atomic E-state index is 0.108. The van der Waals surface area contributed by atoms with Gasteiger partial charge in [-0.05, 0) is 31.9 Å². The maximum Gasteiger partial charge on any atom is 0.283 e. The number of halogens is 4. The number of nitrogens with zero attached hydrogens (tertiary/aromatic N) is 4. The number of aromatic nitrogens is 3. The van der Waals surface area contributed by atoms with E-state index in [2.05, 4.69) is 10.1 Å². The Morgan fingerprint density at radius 3 is 2.60 bits per heavy atom. The largest absolute Gasteiger partial charge is 0.330 e. The third-order valence-electron chi connectivity index (χ3n) is 4.97. The van der Waals surface area contributed by atoms with Gasteiger partial charge in [0.05, 0.1) is 12.2 Å². The number of rotatable bonds is 6. The minimum Gasteiger partial charge on any atom is -0.330 e. The molecule has 0 atom stereocenters. The molecular weight excluding hydrogens is 437 g/mol. The maximum atomic E-state index is 14.5. The van der Waals surface area contributed by atoms with Crippen LogP contribution in [0.1, 0.15) is 45.9 Å². The van der Waals surface area contributed by atoms with E-state index in [1.165, 1.54) is 23.3 Å². The number of aryl methyl sites for hydroxylation is 2. The van der Waals surface area contributed by atoms with Gasteiger partial charge in [-0.1, -0.05) is 23.7 Å². The van der Waals surface area contributed by atoms with Gasteiger partial charge in [0.15, 0.2) is 0 Å². The normalized spacial score (nSPS) is 13.8. The Morgan fingerprint density at radius 2 is 2.00 bits per heavy atom. The molecule has 0 saturated heterocycles. The molecule has 3 aromatic rings. The second-order valence-electron chi connectivity index (χ2n) is 7.17. The molecule has 0 spiro atoms. The zero-order valence-corrected chi connectivity index (χ0v) is 17.8. The highest BCUT2D eigenvalue weighted by molar-refractivity contribution is 7.15. The first kappa shape index (κ1) is 20.9. The predicted molar refractivity (Wildman–Crippen MR) is 108 cm³/mol. The fraction of sp³-hybridized carbons (Fsp3) is 0.350. The summed E-state index contributed by atoms with van der Waals surface area (Å²) in [6.07, 6.45) is -1.54. The fourth-order valence-electron chi connectivity index (χ4n) is 3.22. The average molecular weight is 455 g/mol. The lowest BCUT2D eigenvalue weighted by Gasteiger charge is -2.22. The molecule has 0 N–H and O–H groups in total. The van der Waals surface area contributed by atoms with Crippen LogP contribution in [0.15, 0.2) is 24.3 Å². The van der Waals surface area contributed by atoms with E-state index in [0.717, 1.165) is 34.0 Å². The van der Waals surface area contributed by atoms with E-state index >= 15 is 0 Å². The van der Waals surface area contributed by atoms with E-state index < -0.39 is 29.5 Å². The number of carbonyl (C=O) groups excluding carboxylic acids is 1. The van der Waals surface area contributed by atoms with Gasteiger partial charge in [-0.25, -0.2) is 18.4 Å². The Labute approximate surface area is 180 Å². The molecule has 158 valence electrons. The summed E-state index contributed by atoms with van der Waals surface area (Å²) in [6, 6.07) is 7.14. The van der Waals surface area contributed by atoms with Crippen molar-refractivity contribution in [2.75, 3.05) is 0 Å². The fourth-order valence-corrected chi connectivity index (χ4v) is 4.41. The van der Waals surface area contributed by atoms with Gasteiger partial charge in [0.25, 0.3) is 12.3 Å². The standard InChI is InChI=1S/C20H18ClF3N4OS/c1-10-14(30-19(25-10)11-3-5-12(21)6-4-11)9-28(13-7-8-13)20(29)15-16(17(22)23)26-27(2)18(15)24/h3-6,13,17H,7-9H2,1-2H3. The van der Waals surface area contributed by atoms with Crippen molar-refractivity contribution in [2.24, 2.45) is 7.05 Å². The highest BCUT2D eigenvalue weighted by Gasteiger charge is 2.38. The molecule has 2 aromatic heterocycles. The molecule has 4 rings (SSSR count). The monoisotopic (exact) mass is 454 g/mol. The Bertz CT molecular complexity index is 1090. The van der Waals surface area contributed by atoms with Crippen LogP contribution in [0.25, 0.3) is 10.6 Å². The van der Waals surface area contributed by atoms with Gasteiger partial charge >= 0.3 is 0 Å². The Kier molecular flexibility index (Phi) is 5.59. The molecule has 1 aliphatic carbocycles. The highest BCUT2D eigenvalue weighted by atomic mass is 35.5. The van der Waals surface area contributed by atoms with Gasteiger partial charge < -0.3 is 4.90 Å². The molecule has 5 nitrogen and oxygen atoms in total. The van der Waals surface area contributed by atoms with Crippen molar-refractivity contribution in [1.29, 1.82) is 0 Å². The van der Waals surface area contributed by atoms with Crippen molar-refractivity contribution in [3.05, 3.63) is 57.1 Å². The second-order valence-corrected chi connectivity index (χ2v) is 8.69. The molecule has 1 aliphatic rings. The van der Waals surface area contributed by atoms with Crippen LogP contribution in [0.5, 0.6) is 0 Å². The number of benzene rings is 1. The van der Waals surface area contributed by atoms with Gasteiger partial charge in [0.1, 0.15) is 16.3 Å². The summed E-state index contributed by atoms with van der Waals surface area (Å²) in [5, 5.41) is 4.88. The lowest BCUT2D eigenvalue weighted by atomic mass is 10.2. The number of hydrogen-bond donors (Lipinski definition) is 0. The SMILES string of the molecule is Cc1nc(-c2ccc(Cl)cc2)sc1CN(C(=O)c1c(C(F)F)nn(C)c1F)C1CC1. The molecule has 0 bridgehead atoms. The zero-order chi connectivity index (χ0) is 21.6. The van der Waals surface area contributed by atoms with E-state index in [4.69, 9.17) is 11.6 Å². The molecule has 10 heteroatoms. The third-order valence-corrected chi connectivity index (χ3v) is 6.41. The van der Waals surface area contributed by atoms with Crippen LogP contribution in [0, 0.1) is 12.9 Å². The van der Waals surface area contributed by atoms with E-state index in [0.29, 0.717) is 9.70 Å². The number of carbonyl (C=O) groups is 1. The van der Waals surface area contributed by atoms with Crippen LogP contribution < -0.4 is 0 Å². The number of thiazole rings is 1. The van der Waals surface area contributed by atoms with Crippen molar-refractivity contribution in [2.45, 2.75) is 38.8 Å². The maximum absolute atomic E-state index is 14.5. The molecule has 1 amide bonds. The van der Waals surface area contributed by atoms with Crippen LogP contribution >= 0.6 is 22.9 Å². The van der Waals surface area contributed by atoms with Gasteiger partial charge in [0.2, 0.25) is 5.95 Å². The Morgan fingerprint density at radius 1 is 1.33 bits per heavy atom. The molecule has 2 heterocycles. The summed E-state index contributed by atoms with van der Waals surface area (Å²) in [4.78, 5) is 19.9. The van der Waals surface area contributed by atoms with Crippen LogP contribution in [-0.4, -0.2) is 31.6 Å². The van der Waals surface area contributed by atoms with E-state index in [1.54, 1.807) is 12.1 Å². The molecule has 0 radical (unpaired) electrons. The second kappa shape index (κ2) is 8.03. The van der Waals surface area contributed by atoms with Gasteiger partial charge in [-0.2, -0.15) is 9.49 Å². The van der Waals surface area contributed by atoms with Crippen LogP contribution in [0.3, 0.4) is 0 Å². The molecule has 0 unspecified atom stereocenters. The van der Waals surface area contributed by atoms with Crippen LogP contribution in [-0.2, 0) is 13.6 Å². The number of alkyl halides is 2. The lowest BCUT2D eigenvalue weighted by Crippen LogP contribution is -2.33. The average Bonchev–Trinajstić information content (AvgIpc) is 3.41. The van der Waals surface area contributed by atoms with Gasteiger partial charge in [-0.15, -0.1) is 11.3 Å². The topological polar surface area (TPSA) is 51.0 Å². The minimum atomic E-state index is -3.04. The molecule has 30 heavy (non-hydrogen) atoms. The molecule has 1 aromatic carbocycles. The zero-order valence-electron chi connectivity index (χ0n) is 16.2. The van der Waals surface area contributed by atoms with E-state index in [-0.39, 0.29) is 12.6 Å². The van der Waals surface area contributed by atoms with E-state index in [9.17, 15) is 18.0 Å². The smallest absolute Gasteiger partial charge is 0.283 e. The first-order chi connectivity index (χ1) is 14.3. The summed E-state index contributed by atoms with van der Waals surface area (Å²) in [7, 11) is 1.20. The van der Waals surface area contributed by atoms with Crippen molar-refractivity contribution < 1.29 is 18.0 Å². The summed E-state index contributed by atoms with van der Waals surface area (Å²) < 4.78 is 41.8. The summed E-state index contributed by atoms with van der Waals surface area (Å²) in [5.41, 5.74) is 0.151. The van der Waals surface area contributed by atoms with Gasteiger partial charge in [0, 0.05) is 28.6 Å². The van der Waals surface area contributed by atoms with Crippen molar-refractivity contribution >= 4 is 28.8 Å².